The highest BCUT2D eigenvalue weighted by molar-refractivity contribution is 5.52. The third-order valence-corrected chi connectivity index (χ3v) is 6.89. The molecule has 0 N–H and O–H groups in total. The van der Waals surface area contributed by atoms with Gasteiger partial charge in [-0.3, -0.25) is 0 Å². The second-order valence-electron chi connectivity index (χ2n) is 8.75. The van der Waals surface area contributed by atoms with Gasteiger partial charge in [0.2, 0.25) is 0 Å². The maximum Gasteiger partial charge on any atom is 0.122 e. The lowest BCUT2D eigenvalue weighted by molar-refractivity contribution is -0.112. The summed E-state index contributed by atoms with van der Waals surface area (Å²) >= 11 is 0. The predicted molar refractivity (Wildman–Crippen MR) is 85.6 cm³/mol. The van der Waals surface area contributed by atoms with Gasteiger partial charge in [0, 0.05) is 5.92 Å². The number of carbonyl (C=O) groups excluding carboxylic acids is 1. The Hall–Kier alpha value is -0.330. The minimum atomic E-state index is 0.239. The van der Waals surface area contributed by atoms with Crippen molar-refractivity contribution in [3.63, 3.8) is 0 Å². The number of hydrogen-bond donors (Lipinski definition) is 0. The van der Waals surface area contributed by atoms with Crippen molar-refractivity contribution < 1.29 is 4.79 Å². The molecule has 0 bridgehead atoms. The van der Waals surface area contributed by atoms with Gasteiger partial charge in [0.15, 0.2) is 0 Å². The summed E-state index contributed by atoms with van der Waals surface area (Å²) in [6.45, 7) is 12.1. The minimum Gasteiger partial charge on any atom is -0.303 e. The third-order valence-electron chi connectivity index (χ3n) is 6.89. The van der Waals surface area contributed by atoms with E-state index in [-0.39, 0.29) is 5.92 Å². The van der Waals surface area contributed by atoms with Crippen LogP contribution >= 0.6 is 0 Å². The van der Waals surface area contributed by atoms with Gasteiger partial charge in [0.05, 0.1) is 0 Å². The van der Waals surface area contributed by atoms with Gasteiger partial charge >= 0.3 is 0 Å². The molecule has 0 saturated heterocycles. The first kappa shape index (κ1) is 16.0. The highest BCUT2D eigenvalue weighted by Crippen LogP contribution is 2.62. The third kappa shape index (κ3) is 2.83. The second kappa shape index (κ2) is 5.81. The first-order valence-electron chi connectivity index (χ1n) is 8.76. The zero-order valence-electron chi connectivity index (χ0n) is 14.2. The second-order valence-corrected chi connectivity index (χ2v) is 8.75. The molecule has 2 unspecified atom stereocenters. The van der Waals surface area contributed by atoms with Crippen LogP contribution in [0.1, 0.15) is 79.6 Å². The van der Waals surface area contributed by atoms with E-state index >= 15 is 0 Å². The molecule has 1 nitrogen and oxygen atoms in total. The summed E-state index contributed by atoms with van der Waals surface area (Å²) in [7, 11) is 0. The summed E-state index contributed by atoms with van der Waals surface area (Å²) in [4.78, 5) is 10.9. The topological polar surface area (TPSA) is 17.1 Å². The van der Waals surface area contributed by atoms with Crippen LogP contribution in [-0.4, -0.2) is 6.29 Å². The molecule has 1 heteroatoms. The highest BCUT2D eigenvalue weighted by Gasteiger charge is 2.53. The molecule has 2 saturated carbocycles. The van der Waals surface area contributed by atoms with Gasteiger partial charge in [-0.15, -0.1) is 0 Å². The van der Waals surface area contributed by atoms with Crippen LogP contribution in [0.15, 0.2) is 0 Å². The monoisotopic (exact) mass is 278 g/mol. The van der Waals surface area contributed by atoms with E-state index in [4.69, 9.17) is 0 Å². The van der Waals surface area contributed by atoms with Gasteiger partial charge in [0.25, 0.3) is 0 Å². The standard InChI is InChI=1S/C19H34O/c1-14(13-20)7-9-16-15(2)8-10-17-18(3,4)11-6-12-19(16,17)5/h13-17H,6-12H2,1-5H3/t14?,15?,16-,17-,19+/m0/s1. The molecule has 2 aliphatic carbocycles. The zero-order chi connectivity index (χ0) is 15.0. The summed E-state index contributed by atoms with van der Waals surface area (Å²) in [5.74, 6) is 2.78. The molecule has 0 aromatic heterocycles. The van der Waals surface area contributed by atoms with Crippen LogP contribution in [0.2, 0.25) is 0 Å². The maximum absolute atomic E-state index is 10.9. The summed E-state index contributed by atoms with van der Waals surface area (Å²) in [5.41, 5.74) is 1.03. The SMILES string of the molecule is CC(C=O)CC[C@H]1C(C)CC[C@H]2C(C)(C)CCC[C@]12C. The van der Waals surface area contributed by atoms with Crippen molar-refractivity contribution in [3.8, 4) is 0 Å². The van der Waals surface area contributed by atoms with Gasteiger partial charge in [-0.25, -0.2) is 0 Å². The van der Waals surface area contributed by atoms with Crippen molar-refractivity contribution in [2.75, 3.05) is 0 Å². The van der Waals surface area contributed by atoms with Crippen molar-refractivity contribution >= 4 is 6.29 Å². The van der Waals surface area contributed by atoms with E-state index < -0.39 is 0 Å². The minimum absolute atomic E-state index is 0.239. The van der Waals surface area contributed by atoms with E-state index in [2.05, 4.69) is 34.6 Å². The molecule has 2 fully saturated rings. The smallest absolute Gasteiger partial charge is 0.122 e. The number of carbonyl (C=O) groups is 1. The lowest BCUT2D eigenvalue weighted by Crippen LogP contribution is -2.51. The molecule has 0 radical (unpaired) electrons. The fraction of sp³-hybridized carbons (Fsp3) is 0.947. The van der Waals surface area contributed by atoms with E-state index in [9.17, 15) is 4.79 Å². The van der Waals surface area contributed by atoms with E-state index in [1.807, 2.05) is 0 Å². The molecule has 0 aliphatic heterocycles. The van der Waals surface area contributed by atoms with Crippen LogP contribution in [0.3, 0.4) is 0 Å². The number of hydrogen-bond acceptors (Lipinski definition) is 1. The van der Waals surface area contributed by atoms with Crippen LogP contribution in [0.25, 0.3) is 0 Å². The maximum atomic E-state index is 10.9. The Morgan fingerprint density at radius 1 is 1.20 bits per heavy atom. The van der Waals surface area contributed by atoms with E-state index in [1.165, 1.54) is 38.5 Å². The van der Waals surface area contributed by atoms with Crippen molar-refractivity contribution in [1.82, 2.24) is 0 Å². The van der Waals surface area contributed by atoms with Crippen LogP contribution in [0, 0.1) is 34.5 Å². The van der Waals surface area contributed by atoms with Crippen molar-refractivity contribution in [2.45, 2.75) is 79.6 Å². The summed E-state index contributed by atoms with van der Waals surface area (Å²) in [6.07, 6.45) is 10.5. The number of aldehydes is 1. The average Bonchev–Trinajstić information content (AvgIpc) is 2.36. The Morgan fingerprint density at radius 3 is 2.55 bits per heavy atom. The van der Waals surface area contributed by atoms with Crippen molar-refractivity contribution in [1.29, 1.82) is 0 Å². The van der Waals surface area contributed by atoms with Crippen LogP contribution in [-0.2, 0) is 4.79 Å². The van der Waals surface area contributed by atoms with E-state index in [1.54, 1.807) is 0 Å². The molecule has 2 aliphatic rings. The first-order valence-corrected chi connectivity index (χ1v) is 8.76. The molecule has 0 spiro atoms. The number of fused-ring (bicyclic) bond motifs is 1. The van der Waals surface area contributed by atoms with Gasteiger partial charge in [0.1, 0.15) is 6.29 Å². The summed E-state index contributed by atoms with van der Waals surface area (Å²) in [6, 6.07) is 0. The molecule has 0 heterocycles. The lowest BCUT2D eigenvalue weighted by atomic mass is 9.46. The fourth-order valence-electron chi connectivity index (χ4n) is 5.74. The quantitative estimate of drug-likeness (QED) is 0.622. The van der Waals surface area contributed by atoms with E-state index in [0.717, 1.165) is 30.5 Å². The largest absolute Gasteiger partial charge is 0.303 e. The Morgan fingerprint density at radius 2 is 1.90 bits per heavy atom. The average molecular weight is 278 g/mol. The van der Waals surface area contributed by atoms with Gasteiger partial charge in [-0.05, 0) is 60.7 Å². The first-order chi connectivity index (χ1) is 9.31. The van der Waals surface area contributed by atoms with Crippen LogP contribution < -0.4 is 0 Å². The predicted octanol–water partition coefficient (Wildman–Crippen LogP) is 5.48. The summed E-state index contributed by atoms with van der Waals surface area (Å²) < 4.78 is 0. The molecule has 0 amide bonds. The van der Waals surface area contributed by atoms with Crippen molar-refractivity contribution in [3.05, 3.63) is 0 Å². The molecule has 2 rings (SSSR count). The van der Waals surface area contributed by atoms with E-state index in [0.29, 0.717) is 10.8 Å². The zero-order valence-corrected chi connectivity index (χ0v) is 14.2. The Bertz CT molecular complexity index is 346. The molecule has 20 heavy (non-hydrogen) atoms. The van der Waals surface area contributed by atoms with Gasteiger partial charge in [-0.1, -0.05) is 47.5 Å². The molecular formula is C19H34O. The molecule has 116 valence electrons. The van der Waals surface area contributed by atoms with Crippen LogP contribution in [0.4, 0.5) is 0 Å². The Labute approximate surface area is 125 Å². The molecule has 0 aromatic rings. The van der Waals surface area contributed by atoms with Crippen molar-refractivity contribution in [2.24, 2.45) is 34.5 Å². The lowest BCUT2D eigenvalue weighted by Gasteiger charge is -2.59. The normalized spacial score (nSPS) is 41.8. The Balaban J connectivity index is 2.17. The highest BCUT2D eigenvalue weighted by atomic mass is 16.1. The summed E-state index contributed by atoms with van der Waals surface area (Å²) in [5, 5.41) is 0. The van der Waals surface area contributed by atoms with Crippen LogP contribution in [0.5, 0.6) is 0 Å². The van der Waals surface area contributed by atoms with Gasteiger partial charge in [-0.2, -0.15) is 0 Å². The fourth-order valence-corrected chi connectivity index (χ4v) is 5.74. The molecule has 0 aromatic carbocycles. The molecule has 5 atom stereocenters. The van der Waals surface area contributed by atoms with Gasteiger partial charge < -0.3 is 4.79 Å². The molecular weight excluding hydrogens is 244 g/mol. The Kier molecular flexibility index (Phi) is 4.66. The number of rotatable bonds is 4.